The van der Waals surface area contributed by atoms with Crippen LogP contribution in [0.4, 0.5) is 5.69 Å². The molecule has 0 heterocycles. The quantitative estimate of drug-likeness (QED) is 0.609. The first-order chi connectivity index (χ1) is 7.40. The average Bonchev–Trinajstić information content (AvgIpc) is 2.15. The minimum Gasteiger partial charge on any atom is -0.449 e. The van der Waals surface area contributed by atoms with Crippen LogP contribution in [-0.2, 0) is 9.53 Å². The van der Waals surface area contributed by atoms with E-state index in [0.29, 0.717) is 10.7 Å². The Morgan fingerprint density at radius 3 is 2.50 bits per heavy atom. The maximum atomic E-state index is 11.5. The lowest BCUT2D eigenvalue weighted by atomic mass is 10.2. The number of anilines is 1. The molecule has 5 nitrogen and oxygen atoms in total. The van der Waals surface area contributed by atoms with Gasteiger partial charge >= 0.3 is 5.97 Å². The molecule has 1 aromatic rings. The molecule has 1 rings (SSSR count). The van der Waals surface area contributed by atoms with Crippen LogP contribution in [0, 0.1) is 0 Å². The normalized spacial score (nSPS) is 11.9. The van der Waals surface area contributed by atoms with Crippen LogP contribution < -0.4 is 11.5 Å². The third kappa shape index (κ3) is 3.13. The fourth-order valence-corrected chi connectivity index (χ4v) is 1.26. The van der Waals surface area contributed by atoms with Crippen molar-refractivity contribution >= 4 is 29.2 Å². The van der Waals surface area contributed by atoms with E-state index in [0.717, 1.165) is 0 Å². The van der Waals surface area contributed by atoms with E-state index in [1.165, 1.54) is 25.1 Å². The first kappa shape index (κ1) is 12.3. The van der Waals surface area contributed by atoms with Gasteiger partial charge in [-0.05, 0) is 25.1 Å². The van der Waals surface area contributed by atoms with Crippen LogP contribution in [0.5, 0.6) is 0 Å². The summed E-state index contributed by atoms with van der Waals surface area (Å²) in [6.45, 7) is 1.38. The van der Waals surface area contributed by atoms with E-state index in [1.807, 2.05) is 0 Å². The second kappa shape index (κ2) is 4.85. The Hall–Kier alpha value is -1.75. The van der Waals surface area contributed by atoms with Gasteiger partial charge in [0, 0.05) is 10.7 Å². The monoisotopic (exact) mass is 242 g/mol. The van der Waals surface area contributed by atoms with Gasteiger partial charge in [0.25, 0.3) is 5.91 Å². The van der Waals surface area contributed by atoms with Crippen LogP contribution in [0.2, 0.25) is 5.02 Å². The molecule has 0 bridgehead atoms. The van der Waals surface area contributed by atoms with Crippen molar-refractivity contribution in [2.24, 2.45) is 5.73 Å². The summed E-state index contributed by atoms with van der Waals surface area (Å²) < 4.78 is 4.78. The topological polar surface area (TPSA) is 95.4 Å². The van der Waals surface area contributed by atoms with E-state index in [-0.39, 0.29) is 5.56 Å². The molecule has 1 atom stereocenters. The fourth-order valence-electron chi connectivity index (χ4n) is 1.02. The van der Waals surface area contributed by atoms with Crippen molar-refractivity contribution in [1.82, 2.24) is 0 Å². The predicted molar refractivity (Wildman–Crippen MR) is 59.9 cm³/mol. The van der Waals surface area contributed by atoms with Crippen LogP contribution in [0.1, 0.15) is 17.3 Å². The Kier molecular flexibility index (Phi) is 3.73. The lowest BCUT2D eigenvalue weighted by Crippen LogP contribution is -2.30. The molecule has 0 radical (unpaired) electrons. The molecule has 16 heavy (non-hydrogen) atoms. The standard InChI is InChI=1S/C10H11ClN2O3/c1-5(9(13)14)16-10(15)6-2-7(11)4-8(12)3-6/h2-5H,12H2,1H3,(H2,13,14). The van der Waals surface area contributed by atoms with Crippen LogP contribution in [0.15, 0.2) is 18.2 Å². The SMILES string of the molecule is CC(OC(=O)c1cc(N)cc(Cl)c1)C(N)=O. The predicted octanol–water partition coefficient (Wildman–Crippen LogP) is 0.953. The lowest BCUT2D eigenvalue weighted by molar-refractivity contribution is -0.125. The van der Waals surface area contributed by atoms with E-state index >= 15 is 0 Å². The molecular formula is C10H11ClN2O3. The molecule has 0 aliphatic heterocycles. The number of benzene rings is 1. The number of hydrogen-bond donors (Lipinski definition) is 2. The molecule has 1 unspecified atom stereocenters. The van der Waals surface area contributed by atoms with Gasteiger partial charge in [-0.3, -0.25) is 4.79 Å². The number of amides is 1. The molecule has 6 heteroatoms. The second-order valence-corrected chi connectivity index (χ2v) is 3.66. The van der Waals surface area contributed by atoms with Crippen molar-refractivity contribution in [2.45, 2.75) is 13.0 Å². The molecule has 0 saturated carbocycles. The molecule has 0 aliphatic carbocycles. The number of esters is 1. The number of primary amides is 1. The first-order valence-electron chi connectivity index (χ1n) is 4.46. The van der Waals surface area contributed by atoms with E-state index < -0.39 is 18.0 Å². The van der Waals surface area contributed by atoms with Crippen molar-refractivity contribution in [1.29, 1.82) is 0 Å². The molecular weight excluding hydrogens is 232 g/mol. The molecule has 1 amide bonds. The molecule has 0 aliphatic rings. The Balaban J connectivity index is 2.84. The summed E-state index contributed by atoms with van der Waals surface area (Å²) in [5, 5.41) is 0.318. The summed E-state index contributed by atoms with van der Waals surface area (Å²) in [6, 6.07) is 4.30. The summed E-state index contributed by atoms with van der Waals surface area (Å²) in [6.07, 6.45) is -0.993. The smallest absolute Gasteiger partial charge is 0.339 e. The fraction of sp³-hybridized carbons (Fsp3) is 0.200. The maximum Gasteiger partial charge on any atom is 0.339 e. The van der Waals surface area contributed by atoms with Crippen molar-refractivity contribution in [3.63, 3.8) is 0 Å². The van der Waals surface area contributed by atoms with Gasteiger partial charge < -0.3 is 16.2 Å². The number of carbonyl (C=O) groups is 2. The number of ether oxygens (including phenoxy) is 1. The number of rotatable bonds is 3. The summed E-state index contributed by atoms with van der Waals surface area (Å²) in [5.41, 5.74) is 11.0. The summed E-state index contributed by atoms with van der Waals surface area (Å²) >= 11 is 5.71. The minimum atomic E-state index is -0.993. The number of nitrogen functional groups attached to an aromatic ring is 1. The molecule has 0 saturated heterocycles. The average molecular weight is 243 g/mol. The second-order valence-electron chi connectivity index (χ2n) is 3.22. The van der Waals surface area contributed by atoms with Gasteiger partial charge in [0.2, 0.25) is 0 Å². The third-order valence-electron chi connectivity index (χ3n) is 1.84. The van der Waals surface area contributed by atoms with Gasteiger partial charge in [-0.15, -0.1) is 0 Å². The zero-order valence-corrected chi connectivity index (χ0v) is 9.32. The van der Waals surface area contributed by atoms with Crippen LogP contribution >= 0.6 is 11.6 Å². The molecule has 4 N–H and O–H groups in total. The van der Waals surface area contributed by atoms with Gasteiger partial charge in [0.05, 0.1) is 5.56 Å². The van der Waals surface area contributed by atoms with Crippen molar-refractivity contribution in [2.75, 3.05) is 5.73 Å². The Morgan fingerprint density at radius 1 is 1.38 bits per heavy atom. The number of halogens is 1. The molecule has 0 spiro atoms. The van der Waals surface area contributed by atoms with Gasteiger partial charge in [0.1, 0.15) is 0 Å². The van der Waals surface area contributed by atoms with Crippen molar-refractivity contribution in [3.8, 4) is 0 Å². The zero-order valence-electron chi connectivity index (χ0n) is 8.57. The van der Waals surface area contributed by atoms with Crippen LogP contribution in [0.3, 0.4) is 0 Å². The van der Waals surface area contributed by atoms with Gasteiger partial charge in [-0.1, -0.05) is 11.6 Å². The molecule has 0 aromatic heterocycles. The van der Waals surface area contributed by atoms with Crippen molar-refractivity contribution in [3.05, 3.63) is 28.8 Å². The van der Waals surface area contributed by atoms with E-state index in [9.17, 15) is 9.59 Å². The Bertz CT molecular complexity index is 414. The summed E-state index contributed by atoms with van der Waals surface area (Å²) in [7, 11) is 0. The molecule has 0 fully saturated rings. The molecule has 1 aromatic carbocycles. The third-order valence-corrected chi connectivity index (χ3v) is 2.06. The highest BCUT2D eigenvalue weighted by Gasteiger charge is 2.16. The number of hydrogen-bond acceptors (Lipinski definition) is 4. The van der Waals surface area contributed by atoms with Crippen LogP contribution in [-0.4, -0.2) is 18.0 Å². The van der Waals surface area contributed by atoms with Gasteiger partial charge in [-0.2, -0.15) is 0 Å². The minimum absolute atomic E-state index is 0.179. The summed E-state index contributed by atoms with van der Waals surface area (Å²) in [5.74, 6) is -1.41. The van der Waals surface area contributed by atoms with Crippen molar-refractivity contribution < 1.29 is 14.3 Å². The number of carbonyl (C=O) groups excluding carboxylic acids is 2. The highest BCUT2D eigenvalue weighted by molar-refractivity contribution is 6.31. The van der Waals surface area contributed by atoms with Crippen LogP contribution in [0.25, 0.3) is 0 Å². The molecule has 86 valence electrons. The Labute approximate surface area is 97.3 Å². The highest BCUT2D eigenvalue weighted by atomic mass is 35.5. The van der Waals surface area contributed by atoms with E-state index in [4.69, 9.17) is 27.8 Å². The number of nitrogens with two attached hydrogens (primary N) is 2. The van der Waals surface area contributed by atoms with Gasteiger partial charge in [0.15, 0.2) is 6.10 Å². The lowest BCUT2D eigenvalue weighted by Gasteiger charge is -2.09. The highest BCUT2D eigenvalue weighted by Crippen LogP contribution is 2.17. The Morgan fingerprint density at radius 2 is 2.00 bits per heavy atom. The summed E-state index contributed by atoms with van der Waals surface area (Å²) in [4.78, 5) is 22.2. The zero-order chi connectivity index (χ0) is 12.3. The van der Waals surface area contributed by atoms with E-state index in [2.05, 4.69) is 0 Å². The first-order valence-corrected chi connectivity index (χ1v) is 4.84. The largest absolute Gasteiger partial charge is 0.449 e. The van der Waals surface area contributed by atoms with Gasteiger partial charge in [-0.25, -0.2) is 4.79 Å². The van der Waals surface area contributed by atoms with E-state index in [1.54, 1.807) is 0 Å². The maximum absolute atomic E-state index is 11.5.